The summed E-state index contributed by atoms with van der Waals surface area (Å²) in [4.78, 5) is 10.3. The molecule has 0 bridgehead atoms. The third-order valence-electron chi connectivity index (χ3n) is 0.429. The molecule has 8 heavy (non-hydrogen) atoms. The molecule has 0 saturated heterocycles. The molecule has 3 heteroatoms. The zero-order valence-corrected chi connectivity index (χ0v) is 6.16. The number of nitrogens with zero attached hydrogens (tertiary/aromatic N) is 1. The molecule has 0 aliphatic carbocycles. The molecule has 0 aliphatic heterocycles. The Bertz CT molecular complexity index is 116. The predicted molar refractivity (Wildman–Crippen MR) is 36.4 cm³/mol. The highest BCUT2D eigenvalue weighted by atomic mass is 32.2. The number of hydrogen-bond acceptors (Lipinski definition) is 2. The van der Waals surface area contributed by atoms with Gasteiger partial charge in [0.05, 0.1) is 0 Å². The normalized spacial score (nSPS) is 8.38. The first kappa shape index (κ1) is 7.69. The molecule has 0 amide bonds. The van der Waals surface area contributed by atoms with E-state index in [1.54, 1.807) is 12.5 Å². The van der Waals surface area contributed by atoms with Gasteiger partial charge in [-0.3, -0.25) is 4.79 Å². The topological polar surface area (TPSA) is 20.1 Å². The maximum atomic E-state index is 10.3. The second-order valence-corrected chi connectivity index (χ2v) is 2.70. The minimum atomic E-state index is 0.124. The fourth-order valence-corrected chi connectivity index (χ4v) is 0.539. The van der Waals surface area contributed by atoms with Crippen LogP contribution in [0.2, 0.25) is 0 Å². The fourth-order valence-electron chi connectivity index (χ4n) is 0.180. The Balaban J connectivity index is 3.45. The van der Waals surface area contributed by atoms with Crippen molar-refractivity contribution in [2.75, 3.05) is 14.1 Å². The maximum Gasteiger partial charge on any atom is 0.205 e. The van der Waals surface area contributed by atoms with Crippen molar-refractivity contribution < 1.29 is 9.37 Å². The van der Waals surface area contributed by atoms with Crippen molar-refractivity contribution in [3.05, 3.63) is 0 Å². The monoisotopic (exact) mass is 132 g/mol. The van der Waals surface area contributed by atoms with Gasteiger partial charge in [-0.25, -0.2) is 4.58 Å². The minimum Gasteiger partial charge on any atom is -0.287 e. The summed E-state index contributed by atoms with van der Waals surface area (Å²) in [5.74, 6) is 0. The van der Waals surface area contributed by atoms with Crippen LogP contribution in [-0.4, -0.2) is 29.3 Å². The summed E-state index contributed by atoms with van der Waals surface area (Å²) in [6.07, 6.45) is 0. The van der Waals surface area contributed by atoms with E-state index in [4.69, 9.17) is 0 Å². The Labute approximate surface area is 53.6 Å². The van der Waals surface area contributed by atoms with Crippen LogP contribution in [0.4, 0.5) is 0 Å². The van der Waals surface area contributed by atoms with Gasteiger partial charge in [-0.05, 0) is 0 Å². The zero-order chi connectivity index (χ0) is 6.57. The van der Waals surface area contributed by atoms with Crippen LogP contribution >= 0.6 is 11.8 Å². The van der Waals surface area contributed by atoms with E-state index in [1.807, 2.05) is 18.7 Å². The average molecular weight is 132 g/mol. The van der Waals surface area contributed by atoms with Crippen molar-refractivity contribution in [2.24, 2.45) is 0 Å². The molecule has 0 spiro atoms. The summed E-state index contributed by atoms with van der Waals surface area (Å²) >= 11 is 1.20. The van der Waals surface area contributed by atoms with Gasteiger partial charge >= 0.3 is 0 Å². The third-order valence-corrected chi connectivity index (χ3v) is 1.29. The van der Waals surface area contributed by atoms with Crippen LogP contribution in [0, 0.1) is 0 Å². The van der Waals surface area contributed by atoms with Gasteiger partial charge in [0.15, 0.2) is 5.12 Å². The molecule has 0 aromatic rings. The Morgan fingerprint density at radius 3 is 2.25 bits per heavy atom. The van der Waals surface area contributed by atoms with Gasteiger partial charge in [0.2, 0.25) is 5.55 Å². The molecule has 46 valence electrons. The van der Waals surface area contributed by atoms with E-state index in [-0.39, 0.29) is 5.12 Å². The molecule has 0 radical (unpaired) electrons. The fraction of sp³-hybridized carbons (Fsp3) is 0.600. The lowest BCUT2D eigenvalue weighted by molar-refractivity contribution is -0.456. The van der Waals surface area contributed by atoms with Crippen LogP contribution in [-0.2, 0) is 4.79 Å². The standard InChI is InChI=1S/C5H10NOS/c1-5(7)8-4-6(2)3/h4H,1-3H3/q+1. The highest BCUT2D eigenvalue weighted by Gasteiger charge is 1.90. The lowest BCUT2D eigenvalue weighted by Gasteiger charge is -1.81. The Kier molecular flexibility index (Phi) is 3.52. The molecule has 0 aliphatic rings. The average Bonchev–Trinajstić information content (AvgIpc) is 1.61. The van der Waals surface area contributed by atoms with E-state index in [1.165, 1.54) is 11.8 Å². The van der Waals surface area contributed by atoms with Crippen molar-refractivity contribution in [3.8, 4) is 0 Å². The first-order valence-electron chi connectivity index (χ1n) is 2.30. The highest BCUT2D eigenvalue weighted by molar-refractivity contribution is 8.24. The summed E-state index contributed by atoms with van der Waals surface area (Å²) in [5.41, 5.74) is 1.77. The quantitative estimate of drug-likeness (QED) is 0.295. The summed E-state index contributed by atoms with van der Waals surface area (Å²) in [6.45, 7) is 1.55. The molecule has 0 fully saturated rings. The van der Waals surface area contributed by atoms with Crippen molar-refractivity contribution in [1.29, 1.82) is 0 Å². The summed E-state index contributed by atoms with van der Waals surface area (Å²) in [6, 6.07) is 0. The van der Waals surface area contributed by atoms with E-state index in [9.17, 15) is 4.79 Å². The molecule has 0 heterocycles. The van der Waals surface area contributed by atoms with Gasteiger partial charge in [-0.2, -0.15) is 0 Å². The van der Waals surface area contributed by atoms with E-state index in [2.05, 4.69) is 0 Å². The van der Waals surface area contributed by atoms with Crippen molar-refractivity contribution in [1.82, 2.24) is 0 Å². The molecule has 0 saturated carbocycles. The summed E-state index contributed by atoms with van der Waals surface area (Å²) in [7, 11) is 3.77. The number of carbonyl (C=O) groups excluding carboxylic acids is 1. The molecule has 2 nitrogen and oxygen atoms in total. The lowest BCUT2D eigenvalue weighted by atomic mass is 10.9. The summed E-state index contributed by atoms with van der Waals surface area (Å²) < 4.78 is 1.84. The zero-order valence-electron chi connectivity index (χ0n) is 5.34. The molecule has 0 atom stereocenters. The van der Waals surface area contributed by atoms with Gasteiger partial charge in [0.1, 0.15) is 14.1 Å². The number of carbonyl (C=O) groups is 1. The van der Waals surface area contributed by atoms with Gasteiger partial charge in [-0.15, -0.1) is 0 Å². The van der Waals surface area contributed by atoms with Crippen molar-refractivity contribution in [3.63, 3.8) is 0 Å². The van der Waals surface area contributed by atoms with E-state index in [0.717, 1.165) is 0 Å². The maximum absolute atomic E-state index is 10.3. The summed E-state index contributed by atoms with van der Waals surface area (Å²) in [5, 5.41) is 0.124. The van der Waals surface area contributed by atoms with E-state index < -0.39 is 0 Å². The second kappa shape index (κ2) is 3.66. The van der Waals surface area contributed by atoms with Gasteiger partial charge in [-0.1, -0.05) is 0 Å². The number of thioether (sulfide) groups is 1. The van der Waals surface area contributed by atoms with Crippen LogP contribution in [0.3, 0.4) is 0 Å². The highest BCUT2D eigenvalue weighted by Crippen LogP contribution is 1.92. The molecular weight excluding hydrogens is 122 g/mol. The first-order chi connectivity index (χ1) is 3.63. The lowest BCUT2D eigenvalue weighted by Crippen LogP contribution is -1.96. The Hall–Kier alpha value is -0.310. The molecule has 0 unspecified atom stereocenters. The van der Waals surface area contributed by atoms with Crippen molar-refractivity contribution >= 4 is 22.4 Å². The smallest absolute Gasteiger partial charge is 0.205 e. The van der Waals surface area contributed by atoms with Gasteiger partial charge < -0.3 is 0 Å². The molecule has 0 N–H and O–H groups in total. The first-order valence-corrected chi connectivity index (χ1v) is 3.18. The SMILES string of the molecule is CC(=O)SC=[N+](C)C. The van der Waals surface area contributed by atoms with E-state index >= 15 is 0 Å². The van der Waals surface area contributed by atoms with Crippen LogP contribution in [0.1, 0.15) is 6.92 Å². The number of rotatable bonds is 1. The predicted octanol–water partition coefficient (Wildman–Crippen LogP) is 0.567. The number of hydrogen-bond donors (Lipinski definition) is 0. The van der Waals surface area contributed by atoms with Crippen molar-refractivity contribution in [2.45, 2.75) is 6.92 Å². The largest absolute Gasteiger partial charge is 0.287 e. The van der Waals surface area contributed by atoms with Gasteiger partial charge in [0, 0.05) is 18.7 Å². The minimum absolute atomic E-state index is 0.124. The third kappa shape index (κ3) is 5.69. The molecule has 0 aromatic carbocycles. The second-order valence-electron chi connectivity index (χ2n) is 1.68. The molecule has 0 rings (SSSR count). The Morgan fingerprint density at radius 1 is 1.62 bits per heavy atom. The van der Waals surface area contributed by atoms with Crippen LogP contribution in [0.5, 0.6) is 0 Å². The van der Waals surface area contributed by atoms with E-state index in [0.29, 0.717) is 0 Å². The molecule has 0 aromatic heterocycles. The Morgan fingerprint density at radius 2 is 2.12 bits per heavy atom. The van der Waals surface area contributed by atoms with Crippen LogP contribution in [0.15, 0.2) is 0 Å². The van der Waals surface area contributed by atoms with Crippen LogP contribution in [0.25, 0.3) is 0 Å². The molecular formula is C5H10NOS+. The van der Waals surface area contributed by atoms with Gasteiger partial charge in [0.25, 0.3) is 0 Å². The van der Waals surface area contributed by atoms with Crippen LogP contribution < -0.4 is 0 Å².